The summed E-state index contributed by atoms with van der Waals surface area (Å²) in [6, 6.07) is 11.2. The molecule has 0 fully saturated rings. The first-order valence-electron chi connectivity index (χ1n) is 9.91. The van der Waals surface area contributed by atoms with Gasteiger partial charge in [0.05, 0.1) is 27.3 Å². The number of benzene rings is 2. The van der Waals surface area contributed by atoms with Gasteiger partial charge in [0.1, 0.15) is 18.4 Å². The second kappa shape index (κ2) is 9.89. The lowest BCUT2D eigenvalue weighted by Gasteiger charge is -2.35. The molecule has 156 valence electrons. The predicted molar refractivity (Wildman–Crippen MR) is 116 cm³/mol. The summed E-state index contributed by atoms with van der Waals surface area (Å²) in [5, 5.41) is 7.08. The van der Waals surface area contributed by atoms with Crippen LogP contribution in [0.1, 0.15) is 29.7 Å². The molecule has 5 nitrogen and oxygen atoms in total. The van der Waals surface area contributed by atoms with Crippen LogP contribution in [0, 0.1) is 5.82 Å². The smallest absolute Gasteiger partial charge is 0.166 e. The molecule has 0 saturated carbocycles. The Hall–Kier alpha value is -2.38. The number of rotatable bonds is 7. The Balaban J connectivity index is 1.92. The van der Waals surface area contributed by atoms with Crippen molar-refractivity contribution in [3.05, 3.63) is 58.9 Å². The number of ether oxygens (including phenoxy) is 2. The predicted octanol–water partition coefficient (Wildman–Crippen LogP) is 2.01. The summed E-state index contributed by atoms with van der Waals surface area (Å²) in [6.07, 6.45) is 0.896. The summed E-state index contributed by atoms with van der Waals surface area (Å²) < 4.78 is 25.3. The summed E-state index contributed by atoms with van der Waals surface area (Å²) in [5.74, 6) is 1.28. The van der Waals surface area contributed by atoms with Crippen LogP contribution in [0.3, 0.4) is 0 Å². The van der Waals surface area contributed by atoms with E-state index in [9.17, 15) is 4.39 Å². The molecule has 7 heteroatoms. The lowest BCUT2D eigenvalue weighted by Crippen LogP contribution is -3.12. The molecular weight excluding hydrogens is 389 g/mol. The number of nitrogens with one attached hydrogen (secondary N) is 3. The number of hydrogen-bond donors (Lipinski definition) is 3. The zero-order valence-corrected chi connectivity index (χ0v) is 18.0. The average molecular weight is 419 g/mol. The zero-order chi connectivity index (χ0) is 20.8. The number of methoxy groups -OCH3 is 2. The molecule has 2 aromatic rings. The second-order valence-electron chi connectivity index (χ2n) is 7.13. The topological polar surface area (TPSA) is 47.0 Å². The van der Waals surface area contributed by atoms with E-state index in [2.05, 4.69) is 22.8 Å². The van der Waals surface area contributed by atoms with Gasteiger partial charge in [-0.25, -0.2) is 4.39 Å². The maximum absolute atomic E-state index is 14.3. The van der Waals surface area contributed by atoms with E-state index in [4.69, 9.17) is 21.7 Å². The van der Waals surface area contributed by atoms with Crippen molar-refractivity contribution in [3.63, 3.8) is 0 Å². The summed E-state index contributed by atoms with van der Waals surface area (Å²) >= 11 is 5.36. The van der Waals surface area contributed by atoms with E-state index in [0.29, 0.717) is 24.0 Å². The van der Waals surface area contributed by atoms with Crippen molar-refractivity contribution in [1.82, 2.24) is 10.6 Å². The molecular formula is C22H29FN3O2S+. The van der Waals surface area contributed by atoms with Crippen molar-refractivity contribution in [2.24, 2.45) is 0 Å². The van der Waals surface area contributed by atoms with Crippen LogP contribution in [0.2, 0.25) is 0 Å². The molecule has 1 unspecified atom stereocenters. The molecule has 2 atom stereocenters. The first-order chi connectivity index (χ1) is 14.1. The van der Waals surface area contributed by atoms with Gasteiger partial charge in [0.25, 0.3) is 0 Å². The number of hydrogen-bond acceptors (Lipinski definition) is 3. The summed E-state index contributed by atoms with van der Waals surface area (Å²) in [7, 11) is 3.29. The van der Waals surface area contributed by atoms with Crippen LogP contribution in [0.4, 0.5) is 4.39 Å². The number of halogens is 1. The fourth-order valence-electron chi connectivity index (χ4n) is 3.94. The first kappa shape index (κ1) is 21.3. The quantitative estimate of drug-likeness (QED) is 0.601. The number of fused-ring (bicyclic) bond motifs is 1. The van der Waals surface area contributed by atoms with Crippen LogP contribution in [0.15, 0.2) is 36.4 Å². The summed E-state index contributed by atoms with van der Waals surface area (Å²) in [4.78, 5) is 1.29. The normalized spacial score (nSPS) is 17.9. The second-order valence-corrected chi connectivity index (χ2v) is 7.53. The molecule has 3 N–H and O–H groups in total. The molecule has 1 heterocycles. The van der Waals surface area contributed by atoms with Crippen LogP contribution in [0.5, 0.6) is 11.5 Å². The standard InChI is InChI=1S/C22H28FN3O2S/c1-4-24-22(29)25-13-19-17-12-21(28-3)20(27-2)11-15(17)9-10-26(19)14-16-7-5-6-8-18(16)23/h5-8,11-12,19H,4,9-10,13-14H2,1-3H3,(H2,24,25,29)/p+1/t19-/m1/s1. The molecule has 0 radical (unpaired) electrons. The molecule has 0 bridgehead atoms. The van der Waals surface area contributed by atoms with Crippen LogP contribution >= 0.6 is 12.2 Å². The molecule has 0 aromatic heterocycles. The first-order valence-corrected chi connectivity index (χ1v) is 10.3. The number of thiocarbonyl (C=S) groups is 1. The molecule has 0 aliphatic carbocycles. The Bertz CT molecular complexity index is 862. The third-order valence-corrected chi connectivity index (χ3v) is 5.70. The van der Waals surface area contributed by atoms with Crippen LogP contribution in [-0.4, -0.2) is 39.0 Å². The van der Waals surface area contributed by atoms with Crippen LogP contribution in [-0.2, 0) is 13.0 Å². The van der Waals surface area contributed by atoms with Crippen LogP contribution < -0.4 is 25.0 Å². The van der Waals surface area contributed by atoms with E-state index < -0.39 is 0 Å². The minimum atomic E-state index is -0.159. The average Bonchev–Trinajstić information content (AvgIpc) is 2.73. The van der Waals surface area contributed by atoms with Crippen molar-refractivity contribution < 1.29 is 18.8 Å². The van der Waals surface area contributed by atoms with Gasteiger partial charge in [-0.05, 0) is 42.9 Å². The highest BCUT2D eigenvalue weighted by atomic mass is 32.1. The molecule has 1 aliphatic rings. The summed E-state index contributed by atoms with van der Waals surface area (Å²) in [5.41, 5.74) is 3.15. The largest absolute Gasteiger partial charge is 0.493 e. The molecule has 1 aliphatic heterocycles. The van der Waals surface area contributed by atoms with Crippen molar-refractivity contribution in [2.75, 3.05) is 33.9 Å². The summed E-state index contributed by atoms with van der Waals surface area (Å²) in [6.45, 7) is 4.94. The van der Waals surface area contributed by atoms with Gasteiger partial charge in [0, 0.05) is 24.1 Å². The maximum atomic E-state index is 14.3. The van der Waals surface area contributed by atoms with Gasteiger partial charge in [0.15, 0.2) is 16.6 Å². The number of quaternary nitrogens is 1. The fourth-order valence-corrected chi connectivity index (χ4v) is 4.16. The van der Waals surface area contributed by atoms with Crippen molar-refractivity contribution in [3.8, 4) is 11.5 Å². The van der Waals surface area contributed by atoms with E-state index in [-0.39, 0.29) is 11.9 Å². The van der Waals surface area contributed by atoms with Gasteiger partial charge in [-0.1, -0.05) is 18.2 Å². The Morgan fingerprint density at radius 1 is 1.17 bits per heavy atom. The van der Waals surface area contributed by atoms with Gasteiger partial charge in [-0.2, -0.15) is 0 Å². The molecule has 0 saturated heterocycles. The van der Waals surface area contributed by atoms with E-state index >= 15 is 0 Å². The van der Waals surface area contributed by atoms with Gasteiger partial charge < -0.3 is 25.0 Å². The fraction of sp³-hybridized carbons (Fsp3) is 0.409. The zero-order valence-electron chi connectivity index (χ0n) is 17.2. The molecule has 0 spiro atoms. The van der Waals surface area contributed by atoms with Crippen LogP contribution in [0.25, 0.3) is 0 Å². The highest BCUT2D eigenvalue weighted by Crippen LogP contribution is 2.34. The third-order valence-electron chi connectivity index (χ3n) is 5.41. The van der Waals surface area contributed by atoms with Gasteiger partial charge >= 0.3 is 0 Å². The molecule has 29 heavy (non-hydrogen) atoms. The molecule has 2 aromatic carbocycles. The van der Waals surface area contributed by atoms with Crippen molar-refractivity contribution >= 4 is 17.3 Å². The Morgan fingerprint density at radius 3 is 2.59 bits per heavy atom. The Labute approximate surface area is 177 Å². The SMILES string of the molecule is CCNC(=S)NC[C@@H]1c2cc(OC)c(OC)cc2CC[NH+]1Cc1ccccc1F. The van der Waals surface area contributed by atoms with Crippen molar-refractivity contribution in [2.45, 2.75) is 25.9 Å². The monoisotopic (exact) mass is 418 g/mol. The van der Waals surface area contributed by atoms with E-state index in [0.717, 1.165) is 30.8 Å². The Kier molecular flexibility index (Phi) is 7.28. The molecule has 3 rings (SSSR count). The van der Waals surface area contributed by atoms with Gasteiger partial charge in [0.2, 0.25) is 0 Å². The van der Waals surface area contributed by atoms with Crippen molar-refractivity contribution in [1.29, 1.82) is 0 Å². The third kappa shape index (κ3) is 4.97. The van der Waals surface area contributed by atoms with E-state index in [1.165, 1.54) is 22.1 Å². The molecule has 0 amide bonds. The minimum absolute atomic E-state index is 0.106. The highest BCUT2D eigenvalue weighted by molar-refractivity contribution is 7.80. The van der Waals surface area contributed by atoms with Gasteiger partial charge in [-0.3, -0.25) is 0 Å². The lowest BCUT2D eigenvalue weighted by atomic mass is 9.91. The minimum Gasteiger partial charge on any atom is -0.493 e. The van der Waals surface area contributed by atoms with Gasteiger partial charge in [-0.15, -0.1) is 0 Å². The highest BCUT2D eigenvalue weighted by Gasteiger charge is 2.33. The van der Waals surface area contributed by atoms with E-state index in [1.54, 1.807) is 20.3 Å². The van der Waals surface area contributed by atoms with E-state index in [1.807, 2.05) is 19.1 Å². The Morgan fingerprint density at radius 2 is 1.90 bits per heavy atom. The maximum Gasteiger partial charge on any atom is 0.166 e. The lowest BCUT2D eigenvalue weighted by molar-refractivity contribution is -0.946.